The summed E-state index contributed by atoms with van der Waals surface area (Å²) in [5, 5.41) is 81.1. The molecule has 0 radical (unpaired) electrons. The van der Waals surface area contributed by atoms with E-state index in [0.29, 0.717) is 49.6 Å². The quantitative estimate of drug-likeness (QED) is 0.0756. The first kappa shape index (κ1) is 40.4. The number of hydrogen-bond donors (Lipinski definition) is 8. The highest BCUT2D eigenvalue weighted by molar-refractivity contribution is 6.14. The fourth-order valence-electron chi connectivity index (χ4n) is 15.9. The van der Waals surface area contributed by atoms with Crippen LogP contribution in [0.2, 0.25) is 0 Å². The van der Waals surface area contributed by atoms with Crippen molar-refractivity contribution >= 4 is 38.4 Å². The van der Waals surface area contributed by atoms with Gasteiger partial charge in [-0.15, -0.1) is 0 Å². The lowest BCUT2D eigenvalue weighted by atomic mass is 9.43. The van der Waals surface area contributed by atoms with Crippen LogP contribution in [-0.2, 0) is 26.3 Å². The van der Waals surface area contributed by atoms with Crippen LogP contribution in [0.4, 0.5) is 0 Å². The Bertz CT molecular complexity index is 2640. The molecule has 13 atom stereocenters. The second kappa shape index (κ2) is 14.0. The summed E-state index contributed by atoms with van der Waals surface area (Å²) >= 11 is 0. The number of hydrogen-bond acceptors (Lipinski definition) is 11. The number of carbonyl (C=O) groups is 1. The Morgan fingerprint density at radius 3 is 2.41 bits per heavy atom. The van der Waals surface area contributed by atoms with E-state index in [2.05, 4.69) is 16.4 Å². The molecular formula is C51H58N2O10. The molecule has 2 spiro atoms. The number of aromatic hydroxyl groups is 1. The second-order valence-electron chi connectivity index (χ2n) is 20.6. The molecule has 7 fully saturated rings. The molecule has 3 heterocycles. The molecule has 13 unspecified atom stereocenters. The molecule has 63 heavy (non-hydrogen) atoms. The van der Waals surface area contributed by atoms with Gasteiger partial charge in [0, 0.05) is 28.7 Å². The topological polar surface area (TPSA) is 194 Å². The predicted octanol–water partition coefficient (Wildman–Crippen LogP) is 5.84. The zero-order valence-electron chi connectivity index (χ0n) is 35.6. The van der Waals surface area contributed by atoms with E-state index >= 15 is 4.79 Å². The summed E-state index contributed by atoms with van der Waals surface area (Å²) < 4.78 is 20.4. The lowest BCUT2D eigenvalue weighted by Gasteiger charge is -2.68. The molecular weight excluding hydrogens is 801 g/mol. The highest BCUT2D eigenvalue weighted by Crippen LogP contribution is 2.75. The molecule has 4 aromatic carbocycles. The lowest BCUT2D eigenvalue weighted by Crippen LogP contribution is -2.80. The number of phenols is 1. The van der Waals surface area contributed by atoms with Crippen LogP contribution < -0.4 is 10.1 Å². The number of ether oxygens (including phenoxy) is 3. The number of phenolic OH excluding ortho intramolecular Hbond substituents is 1. The van der Waals surface area contributed by atoms with E-state index in [0.717, 1.165) is 65.6 Å². The maximum atomic E-state index is 15.2. The monoisotopic (exact) mass is 858 g/mol. The minimum Gasteiger partial charge on any atom is -0.508 e. The Morgan fingerprint density at radius 1 is 0.905 bits per heavy atom. The first-order valence-corrected chi connectivity index (χ1v) is 23.3. The molecule has 5 aliphatic carbocycles. The summed E-state index contributed by atoms with van der Waals surface area (Å²) in [6.45, 7) is 0.0657. The molecule has 2 aliphatic heterocycles. The third-order valence-corrected chi connectivity index (χ3v) is 18.3. The maximum Gasteiger partial charge on any atom is 0.343 e. The summed E-state index contributed by atoms with van der Waals surface area (Å²) in [4.78, 5) is 18.4. The van der Waals surface area contributed by atoms with E-state index in [9.17, 15) is 30.6 Å². The van der Waals surface area contributed by atoms with Crippen LogP contribution in [0.3, 0.4) is 0 Å². The second-order valence-corrected chi connectivity index (χ2v) is 20.6. The summed E-state index contributed by atoms with van der Waals surface area (Å²) in [7, 11) is 1.89. The summed E-state index contributed by atoms with van der Waals surface area (Å²) in [6, 6.07) is 23.4. The number of fused-ring (bicyclic) bond motifs is 9. The van der Waals surface area contributed by atoms with Gasteiger partial charge in [-0.2, -0.15) is 0 Å². The predicted molar refractivity (Wildman–Crippen MR) is 234 cm³/mol. The Morgan fingerprint density at radius 2 is 1.67 bits per heavy atom. The molecule has 5 saturated carbocycles. The zero-order valence-corrected chi connectivity index (χ0v) is 35.6. The fraction of sp³-hybridized carbons (Fsp3) is 0.549. The Kier molecular flexibility index (Phi) is 8.95. The van der Waals surface area contributed by atoms with Gasteiger partial charge in [0.15, 0.2) is 17.5 Å². The van der Waals surface area contributed by atoms with Gasteiger partial charge in [0.2, 0.25) is 5.79 Å². The zero-order chi connectivity index (χ0) is 43.3. The number of aromatic amines is 1. The van der Waals surface area contributed by atoms with Gasteiger partial charge in [0.05, 0.1) is 35.4 Å². The molecule has 12 nitrogen and oxygen atoms in total. The maximum absolute atomic E-state index is 15.2. The summed E-state index contributed by atoms with van der Waals surface area (Å²) in [5.41, 5.74) is -2.43. The van der Waals surface area contributed by atoms with Crippen molar-refractivity contribution in [3.05, 3.63) is 84.1 Å². The van der Waals surface area contributed by atoms with E-state index in [-0.39, 0.29) is 34.9 Å². The van der Waals surface area contributed by atoms with Crippen LogP contribution in [0.25, 0.3) is 32.4 Å². The Balaban J connectivity index is 1.02. The van der Waals surface area contributed by atoms with Gasteiger partial charge in [-0.3, -0.25) is 0 Å². The Hall–Kier alpha value is -4.11. The normalized spacial score (nSPS) is 39.9. The summed E-state index contributed by atoms with van der Waals surface area (Å²) in [5.74, 6) is -4.24. The lowest BCUT2D eigenvalue weighted by molar-refractivity contribution is -0.391. The first-order chi connectivity index (χ1) is 30.4. The number of rotatable bonds is 6. The number of H-pyrrole nitrogens is 1. The van der Waals surface area contributed by atoms with Gasteiger partial charge in [-0.1, -0.05) is 61.7 Å². The molecule has 0 bridgehead atoms. The molecule has 5 aromatic rings. The van der Waals surface area contributed by atoms with Gasteiger partial charge in [-0.25, -0.2) is 4.79 Å². The molecule has 7 aliphatic rings. The van der Waals surface area contributed by atoms with Crippen molar-refractivity contribution in [3.8, 4) is 11.5 Å². The minimum atomic E-state index is -2.58. The molecule has 8 N–H and O–H groups in total. The van der Waals surface area contributed by atoms with E-state index in [1.165, 1.54) is 0 Å². The largest absolute Gasteiger partial charge is 0.508 e. The van der Waals surface area contributed by atoms with Gasteiger partial charge in [0.25, 0.3) is 0 Å². The number of aliphatic hydroxyl groups is 5. The van der Waals surface area contributed by atoms with Crippen molar-refractivity contribution in [3.63, 3.8) is 0 Å². The van der Waals surface area contributed by atoms with Crippen LogP contribution >= 0.6 is 0 Å². The minimum absolute atomic E-state index is 0.115. The number of aliphatic hydroxyl groups excluding tert-OH is 3. The molecule has 12 rings (SSSR count). The SMILES string of the molecule is CNCC1CC2C3CC4(CCCC4)C(O)C4(O)OC(C(=O)Oc5c(CO)[nH]c6ccc7cc8ccccc8cc7c56)C(OC2C2(CCC5CCCC52c2ccc(O)cc2)C1O)C34O. The number of esters is 1. The van der Waals surface area contributed by atoms with Gasteiger partial charge in [0.1, 0.15) is 18.0 Å². The van der Waals surface area contributed by atoms with Crippen LogP contribution in [0.15, 0.2) is 72.8 Å². The third kappa shape index (κ3) is 5.07. The molecule has 0 amide bonds. The van der Waals surface area contributed by atoms with E-state index in [4.69, 9.17) is 14.2 Å². The van der Waals surface area contributed by atoms with E-state index < -0.39 is 76.6 Å². The smallest absolute Gasteiger partial charge is 0.343 e. The number of nitrogens with one attached hydrogen (secondary N) is 2. The van der Waals surface area contributed by atoms with Crippen molar-refractivity contribution < 1.29 is 49.6 Å². The number of carbonyl (C=O) groups excluding carboxylic acids is 1. The number of benzene rings is 4. The fourth-order valence-corrected chi connectivity index (χ4v) is 15.9. The average Bonchev–Trinajstić information content (AvgIpc) is 4.11. The van der Waals surface area contributed by atoms with Crippen molar-refractivity contribution in [2.45, 2.75) is 125 Å². The van der Waals surface area contributed by atoms with Gasteiger partial charge in [-0.05, 0) is 134 Å². The Labute approximate surface area is 365 Å². The molecule has 332 valence electrons. The average molecular weight is 859 g/mol. The van der Waals surface area contributed by atoms with Gasteiger partial charge < -0.3 is 55.2 Å². The first-order valence-electron chi connectivity index (χ1n) is 23.3. The van der Waals surface area contributed by atoms with Crippen molar-refractivity contribution in [1.82, 2.24) is 10.3 Å². The summed E-state index contributed by atoms with van der Waals surface area (Å²) in [6.07, 6.45) is 1.98. The molecule has 1 aromatic heterocycles. The van der Waals surface area contributed by atoms with Crippen molar-refractivity contribution in [1.29, 1.82) is 0 Å². The molecule has 12 heteroatoms. The van der Waals surface area contributed by atoms with Crippen molar-refractivity contribution in [2.24, 2.45) is 34.5 Å². The standard InChI is InChI=1S/C51H58N2O10/c1-52-25-30-23-35-36-24-47(17-4-5-18-47)46(58)51(60)50(36,59)44(62-43(35)49(42(30)56)20-16-31-9-6-19-48(31,49)32-11-13-33(55)14-12-32)41(63-51)45(57)61-40-38(26-54)53-37-15-10-29-21-27-7-2-3-8-28(27)22-34(29)39(37)40/h2-3,7-8,10-15,21-22,30-31,35-36,41-44,46,52-56,58-60H,4-6,9,16-20,23-26H2,1H3. The van der Waals surface area contributed by atoms with Crippen molar-refractivity contribution in [2.75, 3.05) is 13.6 Å². The van der Waals surface area contributed by atoms with Crippen LogP contribution in [0.1, 0.15) is 81.9 Å². The highest BCUT2D eigenvalue weighted by atomic mass is 16.7. The van der Waals surface area contributed by atoms with Crippen LogP contribution in [0.5, 0.6) is 11.5 Å². The third-order valence-electron chi connectivity index (χ3n) is 18.3. The van der Waals surface area contributed by atoms with Crippen LogP contribution in [-0.4, -0.2) is 97.1 Å². The van der Waals surface area contributed by atoms with E-state index in [1.54, 1.807) is 12.1 Å². The molecule has 2 saturated heterocycles. The van der Waals surface area contributed by atoms with Gasteiger partial charge >= 0.3 is 5.97 Å². The number of aromatic nitrogens is 1. The van der Waals surface area contributed by atoms with E-state index in [1.807, 2.05) is 61.6 Å². The van der Waals surface area contributed by atoms with Crippen LogP contribution in [0, 0.1) is 34.5 Å². The highest BCUT2D eigenvalue weighted by Gasteiger charge is 2.84.